The molecule has 0 heterocycles. The molecule has 0 aliphatic rings. The highest BCUT2D eigenvalue weighted by molar-refractivity contribution is 5.59. The molecule has 0 amide bonds. The molecule has 1 nitrogen and oxygen atoms in total. The first-order valence-corrected chi connectivity index (χ1v) is 7.12. The van der Waals surface area contributed by atoms with Gasteiger partial charge >= 0.3 is 0 Å². The molecule has 0 aliphatic carbocycles. The van der Waals surface area contributed by atoms with Crippen molar-refractivity contribution in [2.45, 2.75) is 48.5 Å². The number of hydrogen-bond donors (Lipinski definition) is 0. The van der Waals surface area contributed by atoms with Crippen molar-refractivity contribution in [3.8, 4) is 0 Å². The second-order valence-electron chi connectivity index (χ2n) is 5.62. The number of rotatable bonds is 6. The van der Waals surface area contributed by atoms with Gasteiger partial charge in [0.2, 0.25) is 0 Å². The molecule has 0 saturated heterocycles. The summed E-state index contributed by atoms with van der Waals surface area (Å²) in [6, 6.07) is 0. The first-order chi connectivity index (χ1) is 9.30. The maximum atomic E-state index is 4.46. The van der Waals surface area contributed by atoms with Crippen LogP contribution in [0.15, 0.2) is 64.4 Å². The normalized spacial score (nSPS) is 14.2. The van der Waals surface area contributed by atoms with Gasteiger partial charge in [-0.05, 0) is 40.2 Å². The van der Waals surface area contributed by atoms with Gasteiger partial charge in [0.1, 0.15) is 0 Å². The summed E-state index contributed by atoms with van der Waals surface area (Å²) >= 11 is 0. The van der Waals surface area contributed by atoms with E-state index in [0.29, 0.717) is 0 Å². The summed E-state index contributed by atoms with van der Waals surface area (Å²) in [7, 11) is 0. The Morgan fingerprint density at radius 2 is 1.70 bits per heavy atom. The molecule has 0 aliphatic heterocycles. The minimum absolute atomic E-state index is 0.00364. The largest absolute Gasteiger partial charge is 0.261 e. The number of hydrogen-bond acceptors (Lipinski definition) is 1. The van der Waals surface area contributed by atoms with Crippen molar-refractivity contribution in [1.82, 2.24) is 0 Å². The highest BCUT2D eigenvalue weighted by atomic mass is 14.7. The Kier molecular flexibility index (Phi) is 7.83. The quantitative estimate of drug-likeness (QED) is 0.413. The molecule has 1 heteroatoms. The molecule has 0 atom stereocenters. The van der Waals surface area contributed by atoms with Gasteiger partial charge in [-0.2, -0.15) is 0 Å². The molecule has 0 N–H and O–H groups in total. The van der Waals surface area contributed by atoms with E-state index in [2.05, 4.69) is 64.4 Å². The third-order valence-corrected chi connectivity index (χ3v) is 3.38. The van der Waals surface area contributed by atoms with Gasteiger partial charge < -0.3 is 0 Å². The topological polar surface area (TPSA) is 12.4 Å². The van der Waals surface area contributed by atoms with E-state index >= 15 is 0 Å². The van der Waals surface area contributed by atoms with Gasteiger partial charge in [-0.3, -0.25) is 4.99 Å². The van der Waals surface area contributed by atoms with E-state index in [1.165, 1.54) is 16.7 Å². The lowest BCUT2D eigenvalue weighted by molar-refractivity contribution is 0.579. The first-order valence-electron chi connectivity index (χ1n) is 7.12. The van der Waals surface area contributed by atoms with Crippen LogP contribution in [0.3, 0.4) is 0 Å². The summed E-state index contributed by atoms with van der Waals surface area (Å²) in [6.07, 6.45) is 12.1. The molecule has 0 spiro atoms. The molecule has 0 fully saturated rings. The molecule has 0 rings (SSSR count). The summed E-state index contributed by atoms with van der Waals surface area (Å²) in [5.74, 6) is 0. The summed E-state index contributed by atoms with van der Waals surface area (Å²) in [5.41, 5.74) is 4.80. The van der Waals surface area contributed by atoms with Crippen molar-refractivity contribution in [2.75, 3.05) is 0 Å². The molecule has 0 unspecified atom stereocenters. The molecule has 110 valence electrons. The van der Waals surface area contributed by atoms with Gasteiger partial charge in [-0.1, -0.05) is 62.0 Å². The molecule has 0 aromatic heterocycles. The van der Waals surface area contributed by atoms with Crippen LogP contribution in [0, 0.1) is 5.41 Å². The summed E-state index contributed by atoms with van der Waals surface area (Å²) in [4.78, 5) is 4.46. The Balaban J connectivity index is 5.70. The lowest BCUT2D eigenvalue weighted by atomic mass is 9.83. The average molecular weight is 271 g/mol. The molecule has 0 aromatic carbocycles. The Morgan fingerprint density at radius 3 is 2.10 bits per heavy atom. The van der Waals surface area contributed by atoms with Gasteiger partial charge in [-0.25, -0.2) is 0 Å². The van der Waals surface area contributed by atoms with E-state index in [4.69, 9.17) is 0 Å². The van der Waals surface area contributed by atoms with Gasteiger partial charge in [-0.15, -0.1) is 0 Å². The minimum atomic E-state index is 0.00364. The van der Waals surface area contributed by atoms with Crippen LogP contribution in [0.25, 0.3) is 0 Å². The lowest BCUT2D eigenvalue weighted by Gasteiger charge is -2.22. The fourth-order valence-corrected chi connectivity index (χ4v) is 1.76. The second-order valence-corrected chi connectivity index (χ2v) is 5.62. The van der Waals surface area contributed by atoms with E-state index in [0.717, 1.165) is 5.70 Å². The van der Waals surface area contributed by atoms with Gasteiger partial charge in [0.15, 0.2) is 0 Å². The fraction of sp³-hybridized carbons (Fsp3) is 0.421. The Morgan fingerprint density at radius 1 is 1.10 bits per heavy atom. The molecule has 20 heavy (non-hydrogen) atoms. The summed E-state index contributed by atoms with van der Waals surface area (Å²) in [6.45, 7) is 18.5. The van der Waals surface area contributed by atoms with Crippen molar-refractivity contribution in [1.29, 1.82) is 0 Å². The lowest BCUT2D eigenvalue weighted by Crippen LogP contribution is -2.09. The molecule has 0 aromatic rings. The standard InChI is InChI=1S/C19H29N/c1-9-12-13-19(7,8)16(6)14-17(15(4)5)18(10-2)20-11-3/h9-14H,1H2,2-8H3/b13-12-,16-14+,18-10-,20-11?. The molecular weight excluding hydrogens is 242 g/mol. The van der Waals surface area contributed by atoms with E-state index in [9.17, 15) is 0 Å². The zero-order valence-corrected chi connectivity index (χ0v) is 14.1. The van der Waals surface area contributed by atoms with Crippen LogP contribution in [0.1, 0.15) is 48.5 Å². The highest BCUT2D eigenvalue weighted by Crippen LogP contribution is 2.30. The highest BCUT2D eigenvalue weighted by Gasteiger charge is 2.17. The van der Waals surface area contributed by atoms with Gasteiger partial charge in [0.05, 0.1) is 5.70 Å². The third kappa shape index (κ3) is 5.56. The smallest absolute Gasteiger partial charge is 0.0654 e. The monoisotopic (exact) mass is 271 g/mol. The Hall–Kier alpha value is -1.63. The van der Waals surface area contributed by atoms with E-state index in [-0.39, 0.29) is 5.41 Å². The van der Waals surface area contributed by atoms with Gasteiger partial charge in [0.25, 0.3) is 0 Å². The van der Waals surface area contributed by atoms with Crippen LogP contribution in [-0.2, 0) is 0 Å². The van der Waals surface area contributed by atoms with Crippen molar-refractivity contribution >= 4 is 6.21 Å². The summed E-state index contributed by atoms with van der Waals surface area (Å²) < 4.78 is 0. The Bertz CT molecular complexity index is 476. The van der Waals surface area contributed by atoms with Crippen LogP contribution in [0.5, 0.6) is 0 Å². The molecule has 0 saturated carbocycles. The van der Waals surface area contributed by atoms with Crippen molar-refractivity contribution in [2.24, 2.45) is 10.4 Å². The van der Waals surface area contributed by atoms with Crippen molar-refractivity contribution in [3.63, 3.8) is 0 Å². The van der Waals surface area contributed by atoms with Crippen molar-refractivity contribution < 1.29 is 0 Å². The maximum Gasteiger partial charge on any atom is 0.0654 e. The maximum absolute atomic E-state index is 4.46. The van der Waals surface area contributed by atoms with E-state index in [1.807, 2.05) is 32.2 Å². The predicted octanol–water partition coefficient (Wildman–Crippen LogP) is 6.03. The fourth-order valence-electron chi connectivity index (χ4n) is 1.76. The van der Waals surface area contributed by atoms with Crippen LogP contribution >= 0.6 is 0 Å². The minimum Gasteiger partial charge on any atom is -0.261 e. The van der Waals surface area contributed by atoms with Crippen LogP contribution in [-0.4, -0.2) is 6.21 Å². The van der Waals surface area contributed by atoms with Crippen LogP contribution in [0.4, 0.5) is 0 Å². The number of aliphatic imine (C=N–C) groups is 1. The van der Waals surface area contributed by atoms with E-state index < -0.39 is 0 Å². The Labute approximate surface area is 125 Å². The molecule has 0 radical (unpaired) electrons. The average Bonchev–Trinajstić information content (AvgIpc) is 2.39. The molecule has 0 bridgehead atoms. The SMILES string of the molecule is C=C/C=C\C(C)(C)/C(C)=C/C(=C(C)C)/C(=C/C)N=CC. The van der Waals surface area contributed by atoms with Gasteiger partial charge in [0, 0.05) is 11.6 Å². The number of nitrogens with zero attached hydrogens (tertiary/aromatic N) is 1. The zero-order chi connectivity index (χ0) is 15.8. The predicted molar refractivity (Wildman–Crippen MR) is 93.2 cm³/mol. The second kappa shape index (κ2) is 8.52. The van der Waals surface area contributed by atoms with Crippen LogP contribution in [0.2, 0.25) is 0 Å². The summed E-state index contributed by atoms with van der Waals surface area (Å²) in [5, 5.41) is 0. The molecular formula is C19H29N. The van der Waals surface area contributed by atoms with Crippen molar-refractivity contribution in [3.05, 3.63) is 59.4 Å². The van der Waals surface area contributed by atoms with Crippen LogP contribution < -0.4 is 0 Å². The zero-order valence-electron chi connectivity index (χ0n) is 14.1. The van der Waals surface area contributed by atoms with E-state index in [1.54, 1.807) is 0 Å². The third-order valence-electron chi connectivity index (χ3n) is 3.38. The first kappa shape index (κ1) is 18.4. The number of allylic oxidation sites excluding steroid dienone is 7.